The van der Waals surface area contributed by atoms with Gasteiger partial charge < -0.3 is 14.4 Å². The number of benzene rings is 2. The van der Waals surface area contributed by atoms with Gasteiger partial charge in [-0.2, -0.15) is 5.10 Å². The van der Waals surface area contributed by atoms with E-state index in [9.17, 15) is 4.79 Å². The Balaban J connectivity index is 1.51. The topological polar surface area (TPSA) is 67.5 Å². The quantitative estimate of drug-likeness (QED) is 0.766. The molecule has 6 nitrogen and oxygen atoms in total. The second-order valence-electron chi connectivity index (χ2n) is 6.04. The average molecular weight is 349 g/mol. The van der Waals surface area contributed by atoms with Crippen molar-refractivity contribution in [1.82, 2.24) is 15.1 Å². The van der Waals surface area contributed by atoms with Gasteiger partial charge in [-0.05, 0) is 30.7 Å². The predicted molar refractivity (Wildman–Crippen MR) is 97.0 cm³/mol. The highest BCUT2D eigenvalue weighted by atomic mass is 16.7. The third-order valence-electron chi connectivity index (χ3n) is 4.36. The van der Waals surface area contributed by atoms with Gasteiger partial charge >= 0.3 is 0 Å². The molecule has 26 heavy (non-hydrogen) atoms. The summed E-state index contributed by atoms with van der Waals surface area (Å²) in [5.41, 5.74) is 3.20. The highest BCUT2D eigenvalue weighted by molar-refractivity contribution is 5.93. The number of aromatic nitrogens is 2. The summed E-state index contributed by atoms with van der Waals surface area (Å²) < 4.78 is 10.7. The monoisotopic (exact) mass is 349 g/mol. The van der Waals surface area contributed by atoms with Crippen molar-refractivity contribution in [2.45, 2.75) is 13.5 Å². The molecule has 2 aromatic carbocycles. The molecule has 1 N–H and O–H groups in total. The van der Waals surface area contributed by atoms with Gasteiger partial charge in [0.25, 0.3) is 5.91 Å². The second-order valence-corrected chi connectivity index (χ2v) is 6.04. The zero-order valence-electron chi connectivity index (χ0n) is 14.4. The molecule has 0 radical (unpaired) electrons. The maximum absolute atomic E-state index is 12.9. The van der Waals surface area contributed by atoms with Crippen LogP contribution in [0.4, 0.5) is 0 Å². The third-order valence-corrected chi connectivity index (χ3v) is 4.36. The van der Waals surface area contributed by atoms with E-state index in [1.165, 1.54) is 0 Å². The van der Waals surface area contributed by atoms with E-state index in [4.69, 9.17) is 9.47 Å². The molecule has 0 bridgehead atoms. The molecule has 3 aromatic rings. The fraction of sp³-hybridized carbons (Fsp3) is 0.200. The molecule has 1 aliphatic heterocycles. The van der Waals surface area contributed by atoms with Crippen LogP contribution in [0.25, 0.3) is 11.3 Å². The Hall–Kier alpha value is -3.28. The summed E-state index contributed by atoms with van der Waals surface area (Å²) in [4.78, 5) is 14.6. The number of fused-ring (bicyclic) bond motifs is 1. The number of hydrogen-bond donors (Lipinski definition) is 1. The van der Waals surface area contributed by atoms with Gasteiger partial charge in [-0.3, -0.25) is 9.89 Å². The molecule has 4 rings (SSSR count). The Morgan fingerprint density at radius 1 is 1.12 bits per heavy atom. The summed E-state index contributed by atoms with van der Waals surface area (Å²) in [6, 6.07) is 17.3. The lowest BCUT2D eigenvalue weighted by Gasteiger charge is -2.20. The van der Waals surface area contributed by atoms with Crippen LogP contribution in [-0.4, -0.2) is 34.3 Å². The molecular weight excluding hydrogens is 330 g/mol. The maximum Gasteiger partial charge on any atom is 0.272 e. The van der Waals surface area contributed by atoms with E-state index in [1.54, 1.807) is 11.0 Å². The first-order valence-electron chi connectivity index (χ1n) is 8.53. The number of rotatable bonds is 5. The predicted octanol–water partition coefficient (Wildman–Crippen LogP) is 3.47. The van der Waals surface area contributed by atoms with Crippen molar-refractivity contribution in [3.05, 3.63) is 65.9 Å². The maximum atomic E-state index is 12.9. The van der Waals surface area contributed by atoms with Crippen molar-refractivity contribution in [1.29, 1.82) is 0 Å². The van der Waals surface area contributed by atoms with Gasteiger partial charge in [0.15, 0.2) is 11.5 Å². The number of nitrogens with one attached hydrogen (secondary N) is 1. The molecule has 2 heterocycles. The van der Waals surface area contributed by atoms with Crippen molar-refractivity contribution >= 4 is 5.91 Å². The van der Waals surface area contributed by atoms with Gasteiger partial charge in [-0.15, -0.1) is 0 Å². The molecule has 1 amide bonds. The molecule has 0 saturated heterocycles. The molecule has 0 unspecified atom stereocenters. The Bertz CT molecular complexity index is 921. The molecule has 0 atom stereocenters. The minimum Gasteiger partial charge on any atom is -0.454 e. The summed E-state index contributed by atoms with van der Waals surface area (Å²) in [6.45, 7) is 3.28. The van der Waals surface area contributed by atoms with E-state index in [1.807, 2.05) is 55.5 Å². The zero-order valence-corrected chi connectivity index (χ0v) is 14.4. The Morgan fingerprint density at radius 3 is 2.73 bits per heavy atom. The third kappa shape index (κ3) is 3.13. The van der Waals surface area contributed by atoms with Crippen molar-refractivity contribution in [2.75, 3.05) is 13.3 Å². The average Bonchev–Trinajstić information content (AvgIpc) is 3.35. The zero-order chi connectivity index (χ0) is 17.9. The van der Waals surface area contributed by atoms with Crippen LogP contribution in [0.2, 0.25) is 0 Å². The van der Waals surface area contributed by atoms with Crippen LogP contribution in [0.1, 0.15) is 23.0 Å². The van der Waals surface area contributed by atoms with Crippen LogP contribution in [0, 0.1) is 0 Å². The number of carbonyl (C=O) groups is 1. The summed E-state index contributed by atoms with van der Waals surface area (Å²) in [6.07, 6.45) is 0. The van der Waals surface area contributed by atoms with Gasteiger partial charge in [0.05, 0.1) is 5.69 Å². The number of hydrogen-bond acceptors (Lipinski definition) is 4. The molecule has 132 valence electrons. The lowest BCUT2D eigenvalue weighted by molar-refractivity contribution is 0.0746. The van der Waals surface area contributed by atoms with Gasteiger partial charge in [-0.25, -0.2) is 0 Å². The molecule has 6 heteroatoms. The van der Waals surface area contributed by atoms with Crippen LogP contribution >= 0.6 is 0 Å². The van der Waals surface area contributed by atoms with E-state index >= 15 is 0 Å². The smallest absolute Gasteiger partial charge is 0.272 e. The summed E-state index contributed by atoms with van der Waals surface area (Å²) in [7, 11) is 0. The minimum atomic E-state index is -0.0835. The Labute approximate surface area is 151 Å². The Morgan fingerprint density at radius 2 is 1.92 bits per heavy atom. The lowest BCUT2D eigenvalue weighted by Crippen LogP contribution is -2.30. The van der Waals surface area contributed by atoms with Crippen molar-refractivity contribution < 1.29 is 14.3 Å². The largest absolute Gasteiger partial charge is 0.454 e. The SMILES string of the molecule is CCN(Cc1ccc2c(c1)OCO2)C(=O)c1cc(-c2ccccc2)n[nH]1. The molecule has 0 aliphatic carbocycles. The van der Waals surface area contributed by atoms with Gasteiger partial charge in [0.1, 0.15) is 5.69 Å². The summed E-state index contributed by atoms with van der Waals surface area (Å²) in [5, 5.41) is 7.13. The first kappa shape index (κ1) is 16.2. The van der Waals surface area contributed by atoms with Crippen molar-refractivity contribution in [2.24, 2.45) is 0 Å². The molecule has 0 fully saturated rings. The van der Waals surface area contributed by atoms with Crippen LogP contribution in [0.15, 0.2) is 54.6 Å². The fourth-order valence-electron chi connectivity index (χ4n) is 2.95. The lowest BCUT2D eigenvalue weighted by atomic mass is 10.1. The number of aromatic amines is 1. The van der Waals surface area contributed by atoms with Gasteiger partial charge in [0.2, 0.25) is 6.79 Å². The molecule has 1 aromatic heterocycles. The number of amides is 1. The van der Waals surface area contributed by atoms with E-state index < -0.39 is 0 Å². The first-order chi connectivity index (χ1) is 12.7. The minimum absolute atomic E-state index is 0.0835. The van der Waals surface area contributed by atoms with Gasteiger partial charge in [0, 0.05) is 18.7 Å². The van der Waals surface area contributed by atoms with E-state index in [0.29, 0.717) is 18.8 Å². The van der Waals surface area contributed by atoms with Crippen LogP contribution in [0.3, 0.4) is 0 Å². The van der Waals surface area contributed by atoms with E-state index in [-0.39, 0.29) is 12.7 Å². The van der Waals surface area contributed by atoms with Gasteiger partial charge in [-0.1, -0.05) is 36.4 Å². The molecular formula is C20H19N3O3. The second kappa shape index (κ2) is 6.92. The summed E-state index contributed by atoms with van der Waals surface area (Å²) >= 11 is 0. The van der Waals surface area contributed by atoms with Crippen LogP contribution in [-0.2, 0) is 6.54 Å². The number of H-pyrrole nitrogens is 1. The van der Waals surface area contributed by atoms with Crippen molar-refractivity contribution in [3.63, 3.8) is 0 Å². The van der Waals surface area contributed by atoms with Crippen molar-refractivity contribution in [3.8, 4) is 22.8 Å². The molecule has 0 spiro atoms. The highest BCUT2D eigenvalue weighted by Gasteiger charge is 2.19. The number of ether oxygens (including phenoxy) is 2. The van der Waals surface area contributed by atoms with Crippen LogP contribution in [0.5, 0.6) is 11.5 Å². The molecule has 1 aliphatic rings. The first-order valence-corrected chi connectivity index (χ1v) is 8.53. The van der Waals surface area contributed by atoms with Crippen LogP contribution < -0.4 is 9.47 Å². The van der Waals surface area contributed by atoms with E-state index in [2.05, 4.69) is 10.2 Å². The normalized spacial score (nSPS) is 12.2. The number of carbonyl (C=O) groups excluding carboxylic acids is 1. The Kier molecular flexibility index (Phi) is 4.31. The number of nitrogens with zero attached hydrogens (tertiary/aromatic N) is 2. The van der Waals surface area contributed by atoms with E-state index in [0.717, 1.165) is 28.3 Å². The summed E-state index contributed by atoms with van der Waals surface area (Å²) in [5.74, 6) is 1.38. The fourth-order valence-corrected chi connectivity index (χ4v) is 2.95. The molecule has 0 saturated carbocycles. The standard InChI is InChI=1S/C20H19N3O3/c1-2-23(12-14-8-9-18-19(10-14)26-13-25-18)20(24)17-11-16(21-22-17)15-6-4-3-5-7-15/h3-11H,2,12-13H2,1H3,(H,21,22). The highest BCUT2D eigenvalue weighted by Crippen LogP contribution is 2.32.